The highest BCUT2D eigenvalue weighted by Gasteiger charge is 2.27. The maximum atomic E-state index is 11.7. The third-order valence-corrected chi connectivity index (χ3v) is 4.56. The van der Waals surface area contributed by atoms with Gasteiger partial charge in [0.1, 0.15) is 0 Å². The Balaban J connectivity index is 1.75. The van der Waals surface area contributed by atoms with Crippen molar-refractivity contribution in [3.05, 3.63) is 0 Å². The summed E-state index contributed by atoms with van der Waals surface area (Å²) in [6.07, 6.45) is 1.33. The minimum atomic E-state index is 0.239. The molecule has 5 heteroatoms. The summed E-state index contributed by atoms with van der Waals surface area (Å²) < 4.78 is 0. The lowest BCUT2D eigenvalue weighted by Crippen LogP contribution is -2.53. The highest BCUT2D eigenvalue weighted by atomic mass is 32.2. The molecule has 2 saturated heterocycles. The van der Waals surface area contributed by atoms with Crippen LogP contribution in [0, 0.1) is 0 Å². The zero-order chi connectivity index (χ0) is 11.4. The molecule has 0 radical (unpaired) electrons. The number of hydrogen-bond acceptors (Lipinski definition) is 4. The maximum absolute atomic E-state index is 11.7. The molecule has 0 spiro atoms. The minimum Gasteiger partial charge on any atom is -0.339 e. The van der Waals surface area contributed by atoms with Crippen LogP contribution < -0.4 is 5.32 Å². The van der Waals surface area contributed by atoms with E-state index in [9.17, 15) is 4.79 Å². The van der Waals surface area contributed by atoms with Gasteiger partial charge in [-0.3, -0.25) is 9.69 Å². The molecular formula is C11H21N3OS. The fourth-order valence-corrected chi connectivity index (χ4v) is 3.66. The number of piperazine rings is 1. The SMILES string of the molecule is CNCC(=O)N1CCN(C2CCSC2)CC1. The molecule has 2 aliphatic rings. The van der Waals surface area contributed by atoms with Crippen molar-refractivity contribution in [3.63, 3.8) is 0 Å². The van der Waals surface area contributed by atoms with E-state index in [0.29, 0.717) is 6.54 Å². The number of carbonyl (C=O) groups excluding carboxylic acids is 1. The first-order valence-electron chi connectivity index (χ1n) is 6.05. The van der Waals surface area contributed by atoms with Gasteiger partial charge in [-0.15, -0.1) is 0 Å². The Labute approximate surface area is 102 Å². The summed E-state index contributed by atoms with van der Waals surface area (Å²) in [6.45, 7) is 4.39. The standard InChI is InChI=1S/C11H21N3OS/c1-12-8-11(15)14-5-3-13(4-6-14)10-2-7-16-9-10/h10,12H,2-9H2,1H3. The van der Waals surface area contributed by atoms with Crippen LogP contribution in [0.2, 0.25) is 0 Å². The topological polar surface area (TPSA) is 35.6 Å². The van der Waals surface area contributed by atoms with Crippen LogP contribution in [-0.4, -0.2) is 73.0 Å². The second-order valence-electron chi connectivity index (χ2n) is 4.46. The zero-order valence-corrected chi connectivity index (χ0v) is 10.8. The van der Waals surface area contributed by atoms with E-state index in [2.05, 4.69) is 22.0 Å². The number of thioether (sulfide) groups is 1. The normalized spacial score (nSPS) is 27.3. The fourth-order valence-electron chi connectivity index (χ4n) is 2.41. The Morgan fingerprint density at radius 3 is 2.69 bits per heavy atom. The molecule has 2 aliphatic heterocycles. The predicted octanol–water partition coefficient (Wildman–Crippen LogP) is -0.144. The second kappa shape index (κ2) is 5.89. The molecule has 16 heavy (non-hydrogen) atoms. The van der Waals surface area contributed by atoms with E-state index in [1.165, 1.54) is 17.9 Å². The summed E-state index contributed by atoms with van der Waals surface area (Å²) in [5, 5.41) is 2.92. The third-order valence-electron chi connectivity index (χ3n) is 3.42. The molecule has 0 bridgehead atoms. The van der Waals surface area contributed by atoms with Gasteiger partial charge >= 0.3 is 0 Å². The number of rotatable bonds is 3. The van der Waals surface area contributed by atoms with Crippen LogP contribution in [0.1, 0.15) is 6.42 Å². The summed E-state index contributed by atoms with van der Waals surface area (Å²) >= 11 is 2.06. The number of carbonyl (C=O) groups is 1. The molecule has 0 aliphatic carbocycles. The van der Waals surface area contributed by atoms with Crippen molar-refractivity contribution in [3.8, 4) is 0 Å². The molecular weight excluding hydrogens is 222 g/mol. The molecule has 2 heterocycles. The van der Waals surface area contributed by atoms with Gasteiger partial charge in [0.2, 0.25) is 5.91 Å². The molecule has 92 valence electrons. The zero-order valence-electron chi connectivity index (χ0n) is 9.95. The van der Waals surface area contributed by atoms with E-state index in [4.69, 9.17) is 0 Å². The summed E-state index contributed by atoms with van der Waals surface area (Å²) in [7, 11) is 1.82. The van der Waals surface area contributed by atoms with Gasteiger partial charge in [-0.1, -0.05) is 0 Å². The van der Waals surface area contributed by atoms with E-state index >= 15 is 0 Å². The highest BCUT2D eigenvalue weighted by molar-refractivity contribution is 7.99. The highest BCUT2D eigenvalue weighted by Crippen LogP contribution is 2.23. The van der Waals surface area contributed by atoms with E-state index in [1.54, 1.807) is 0 Å². The molecule has 1 N–H and O–H groups in total. The average Bonchev–Trinajstić information content (AvgIpc) is 2.83. The summed E-state index contributed by atoms with van der Waals surface area (Å²) in [6, 6.07) is 0.770. The Morgan fingerprint density at radius 2 is 2.12 bits per heavy atom. The van der Waals surface area contributed by atoms with E-state index in [-0.39, 0.29) is 5.91 Å². The number of nitrogens with zero attached hydrogens (tertiary/aromatic N) is 2. The van der Waals surface area contributed by atoms with Crippen molar-refractivity contribution >= 4 is 17.7 Å². The van der Waals surface area contributed by atoms with Gasteiger partial charge in [0, 0.05) is 38.0 Å². The lowest BCUT2D eigenvalue weighted by Gasteiger charge is -2.37. The van der Waals surface area contributed by atoms with Crippen molar-refractivity contribution in [1.29, 1.82) is 0 Å². The molecule has 2 rings (SSSR count). The largest absolute Gasteiger partial charge is 0.339 e. The predicted molar refractivity (Wildman–Crippen MR) is 67.8 cm³/mol. The van der Waals surface area contributed by atoms with Crippen LogP contribution in [-0.2, 0) is 4.79 Å². The number of likely N-dealkylation sites (N-methyl/N-ethyl adjacent to an activating group) is 1. The van der Waals surface area contributed by atoms with Gasteiger partial charge in [0.25, 0.3) is 0 Å². The van der Waals surface area contributed by atoms with Crippen molar-refractivity contribution < 1.29 is 4.79 Å². The van der Waals surface area contributed by atoms with Crippen molar-refractivity contribution in [2.24, 2.45) is 0 Å². The van der Waals surface area contributed by atoms with E-state index in [0.717, 1.165) is 32.2 Å². The summed E-state index contributed by atoms with van der Waals surface area (Å²) in [4.78, 5) is 16.2. The number of amides is 1. The quantitative estimate of drug-likeness (QED) is 0.748. The van der Waals surface area contributed by atoms with Gasteiger partial charge in [0.15, 0.2) is 0 Å². The lowest BCUT2D eigenvalue weighted by atomic mass is 10.2. The number of nitrogens with one attached hydrogen (secondary N) is 1. The Morgan fingerprint density at radius 1 is 1.38 bits per heavy atom. The molecule has 1 unspecified atom stereocenters. The monoisotopic (exact) mass is 243 g/mol. The molecule has 1 amide bonds. The van der Waals surface area contributed by atoms with Gasteiger partial charge in [0.05, 0.1) is 6.54 Å². The molecule has 0 saturated carbocycles. The first kappa shape index (κ1) is 12.2. The van der Waals surface area contributed by atoms with Gasteiger partial charge in [-0.05, 0) is 19.2 Å². The van der Waals surface area contributed by atoms with Crippen LogP contribution in [0.4, 0.5) is 0 Å². The van der Waals surface area contributed by atoms with Gasteiger partial charge in [-0.25, -0.2) is 0 Å². The average molecular weight is 243 g/mol. The molecule has 1 atom stereocenters. The molecule has 0 aromatic rings. The Hall–Kier alpha value is -0.260. The Kier molecular flexibility index (Phi) is 4.49. The molecule has 0 aromatic carbocycles. The van der Waals surface area contributed by atoms with Gasteiger partial charge < -0.3 is 10.2 Å². The summed E-state index contributed by atoms with van der Waals surface area (Å²) in [5.41, 5.74) is 0. The van der Waals surface area contributed by atoms with Crippen molar-refractivity contribution in [2.45, 2.75) is 12.5 Å². The first-order valence-corrected chi connectivity index (χ1v) is 7.21. The van der Waals surface area contributed by atoms with E-state index < -0.39 is 0 Å². The van der Waals surface area contributed by atoms with Crippen LogP contribution in [0.3, 0.4) is 0 Å². The molecule has 0 aromatic heterocycles. The van der Waals surface area contributed by atoms with Crippen LogP contribution in [0.25, 0.3) is 0 Å². The van der Waals surface area contributed by atoms with Crippen LogP contribution in [0.15, 0.2) is 0 Å². The maximum Gasteiger partial charge on any atom is 0.236 e. The fraction of sp³-hybridized carbons (Fsp3) is 0.909. The molecule has 2 fully saturated rings. The third kappa shape index (κ3) is 2.90. The smallest absolute Gasteiger partial charge is 0.236 e. The summed E-state index contributed by atoms with van der Waals surface area (Å²) in [5.74, 6) is 2.83. The minimum absolute atomic E-state index is 0.239. The van der Waals surface area contributed by atoms with Crippen molar-refractivity contribution in [2.75, 3.05) is 51.3 Å². The van der Waals surface area contributed by atoms with E-state index in [1.807, 2.05) is 11.9 Å². The lowest BCUT2D eigenvalue weighted by molar-refractivity contribution is -0.132. The van der Waals surface area contributed by atoms with Crippen molar-refractivity contribution in [1.82, 2.24) is 15.1 Å². The Bertz CT molecular complexity index is 235. The van der Waals surface area contributed by atoms with Crippen LogP contribution >= 0.6 is 11.8 Å². The number of hydrogen-bond donors (Lipinski definition) is 1. The first-order chi connectivity index (χ1) is 7.81. The molecule has 4 nitrogen and oxygen atoms in total. The van der Waals surface area contributed by atoms with Crippen LogP contribution in [0.5, 0.6) is 0 Å². The second-order valence-corrected chi connectivity index (χ2v) is 5.61. The van der Waals surface area contributed by atoms with Gasteiger partial charge in [-0.2, -0.15) is 11.8 Å².